The van der Waals surface area contributed by atoms with E-state index in [0.717, 1.165) is 12.7 Å². The number of allylic oxidation sites excluding steroid dienone is 2. The second kappa shape index (κ2) is 8.47. The lowest BCUT2D eigenvalue weighted by molar-refractivity contribution is -0.133. The maximum absolute atomic E-state index is 11.3. The molecular weight excluding hydrogens is 208 g/mol. The Balaban J connectivity index is 4.42. The molecule has 4 heteroatoms. The van der Waals surface area contributed by atoms with Crippen LogP contribution in [0.4, 0.5) is 0 Å². The normalized spacial score (nSPS) is 12.2. The van der Waals surface area contributed by atoms with Crippen molar-refractivity contribution in [2.75, 3.05) is 0 Å². The number of hydrogen-bond donors (Lipinski definition) is 1. The Morgan fingerprint density at radius 2 is 2.00 bits per heavy atom. The molecule has 0 amide bonds. The SMILES string of the molecule is CC=C(C=CC(=O)CCC)C(=O)OC=CO. The van der Waals surface area contributed by atoms with E-state index < -0.39 is 5.97 Å². The molecule has 0 saturated carbocycles. The van der Waals surface area contributed by atoms with E-state index in [9.17, 15) is 9.59 Å². The van der Waals surface area contributed by atoms with E-state index in [2.05, 4.69) is 4.74 Å². The summed E-state index contributed by atoms with van der Waals surface area (Å²) in [6.45, 7) is 3.57. The third kappa shape index (κ3) is 5.80. The van der Waals surface area contributed by atoms with Gasteiger partial charge in [0, 0.05) is 6.42 Å². The van der Waals surface area contributed by atoms with Gasteiger partial charge in [-0.15, -0.1) is 0 Å². The second-order valence-electron chi connectivity index (χ2n) is 2.98. The van der Waals surface area contributed by atoms with E-state index in [0.29, 0.717) is 12.7 Å². The van der Waals surface area contributed by atoms with Crippen LogP contribution < -0.4 is 0 Å². The number of ketones is 1. The van der Waals surface area contributed by atoms with Gasteiger partial charge in [0.15, 0.2) is 5.78 Å². The van der Waals surface area contributed by atoms with E-state index in [4.69, 9.17) is 5.11 Å². The van der Waals surface area contributed by atoms with Crippen LogP contribution >= 0.6 is 0 Å². The van der Waals surface area contributed by atoms with Crippen molar-refractivity contribution in [3.8, 4) is 0 Å². The Hall–Kier alpha value is -1.84. The van der Waals surface area contributed by atoms with Gasteiger partial charge in [-0.1, -0.05) is 13.0 Å². The molecule has 0 aromatic rings. The van der Waals surface area contributed by atoms with Crippen molar-refractivity contribution >= 4 is 11.8 Å². The molecule has 0 bridgehead atoms. The fourth-order valence-corrected chi connectivity index (χ4v) is 0.955. The zero-order valence-electron chi connectivity index (χ0n) is 9.47. The van der Waals surface area contributed by atoms with Crippen LogP contribution in [-0.4, -0.2) is 16.9 Å². The third-order valence-corrected chi connectivity index (χ3v) is 1.73. The molecule has 1 N–H and O–H groups in total. The van der Waals surface area contributed by atoms with E-state index in [1.54, 1.807) is 6.92 Å². The number of carbonyl (C=O) groups excluding carboxylic acids is 2. The molecule has 0 aromatic heterocycles. The maximum Gasteiger partial charge on any atom is 0.342 e. The summed E-state index contributed by atoms with van der Waals surface area (Å²) in [5.74, 6) is -0.652. The fourth-order valence-electron chi connectivity index (χ4n) is 0.955. The van der Waals surface area contributed by atoms with Crippen molar-refractivity contribution in [1.82, 2.24) is 0 Å². The Labute approximate surface area is 94.9 Å². The summed E-state index contributed by atoms with van der Waals surface area (Å²) >= 11 is 0. The lowest BCUT2D eigenvalue weighted by Crippen LogP contribution is -2.02. The average molecular weight is 224 g/mol. The first-order valence-electron chi connectivity index (χ1n) is 5.03. The van der Waals surface area contributed by atoms with Crippen molar-refractivity contribution in [3.63, 3.8) is 0 Å². The Bertz CT molecular complexity index is 324. The number of esters is 1. The van der Waals surface area contributed by atoms with E-state index in [-0.39, 0.29) is 11.4 Å². The molecule has 16 heavy (non-hydrogen) atoms. The van der Waals surface area contributed by atoms with Gasteiger partial charge >= 0.3 is 5.97 Å². The number of aliphatic hydroxyl groups is 1. The smallest absolute Gasteiger partial charge is 0.342 e. The van der Waals surface area contributed by atoms with Crippen LogP contribution in [0.2, 0.25) is 0 Å². The first-order chi connectivity index (χ1) is 7.65. The molecule has 0 saturated heterocycles. The average Bonchev–Trinajstić information content (AvgIpc) is 2.27. The fraction of sp³-hybridized carbons (Fsp3) is 0.333. The second-order valence-corrected chi connectivity index (χ2v) is 2.98. The summed E-state index contributed by atoms with van der Waals surface area (Å²) in [7, 11) is 0. The highest BCUT2D eigenvalue weighted by molar-refractivity contribution is 5.96. The number of rotatable bonds is 6. The van der Waals surface area contributed by atoms with E-state index in [1.807, 2.05) is 6.92 Å². The van der Waals surface area contributed by atoms with Gasteiger partial charge in [0.25, 0.3) is 0 Å². The summed E-state index contributed by atoms with van der Waals surface area (Å²) in [4.78, 5) is 22.5. The molecular formula is C12H16O4. The van der Waals surface area contributed by atoms with Gasteiger partial charge in [-0.2, -0.15) is 0 Å². The van der Waals surface area contributed by atoms with Crippen LogP contribution in [0.1, 0.15) is 26.7 Å². The minimum absolute atomic E-state index is 0.0349. The van der Waals surface area contributed by atoms with Crippen LogP contribution in [0.3, 0.4) is 0 Å². The number of carbonyl (C=O) groups is 2. The van der Waals surface area contributed by atoms with Crippen LogP contribution in [0.25, 0.3) is 0 Å². The minimum atomic E-state index is -0.617. The highest BCUT2D eigenvalue weighted by atomic mass is 16.5. The minimum Gasteiger partial charge on any atom is -0.512 e. The van der Waals surface area contributed by atoms with Crippen molar-refractivity contribution in [2.24, 2.45) is 0 Å². The predicted molar refractivity (Wildman–Crippen MR) is 60.7 cm³/mol. The largest absolute Gasteiger partial charge is 0.512 e. The van der Waals surface area contributed by atoms with Crippen molar-refractivity contribution in [1.29, 1.82) is 0 Å². The summed E-state index contributed by atoms with van der Waals surface area (Å²) in [5.41, 5.74) is 0.266. The summed E-state index contributed by atoms with van der Waals surface area (Å²) in [5, 5.41) is 8.31. The quantitative estimate of drug-likeness (QED) is 0.326. The molecule has 0 aliphatic rings. The van der Waals surface area contributed by atoms with Crippen LogP contribution in [0.5, 0.6) is 0 Å². The molecule has 0 atom stereocenters. The standard InChI is InChI=1S/C12H16O4/c1-3-5-11(14)7-6-10(4-2)12(15)16-9-8-13/h4,6-9,13H,3,5H2,1-2H3. The lowest BCUT2D eigenvalue weighted by atomic mass is 10.1. The molecule has 0 fully saturated rings. The Kier molecular flexibility index (Phi) is 7.49. The molecule has 0 spiro atoms. The number of hydrogen-bond acceptors (Lipinski definition) is 4. The molecule has 0 unspecified atom stereocenters. The highest BCUT2D eigenvalue weighted by Crippen LogP contribution is 2.02. The predicted octanol–water partition coefficient (Wildman–Crippen LogP) is 2.43. The molecule has 4 nitrogen and oxygen atoms in total. The first kappa shape index (κ1) is 14.2. The van der Waals surface area contributed by atoms with Gasteiger partial charge in [-0.3, -0.25) is 4.79 Å². The number of ether oxygens (including phenoxy) is 1. The van der Waals surface area contributed by atoms with E-state index >= 15 is 0 Å². The van der Waals surface area contributed by atoms with Crippen LogP contribution in [0, 0.1) is 0 Å². The van der Waals surface area contributed by atoms with Gasteiger partial charge in [-0.05, 0) is 25.5 Å². The molecule has 0 heterocycles. The molecule has 0 aromatic carbocycles. The summed E-state index contributed by atoms with van der Waals surface area (Å²) in [6.07, 6.45) is 7.01. The van der Waals surface area contributed by atoms with Gasteiger partial charge in [0.05, 0.1) is 5.57 Å². The molecule has 0 aliphatic carbocycles. The van der Waals surface area contributed by atoms with Gasteiger partial charge < -0.3 is 9.84 Å². The zero-order valence-corrected chi connectivity index (χ0v) is 9.47. The Morgan fingerprint density at radius 1 is 1.31 bits per heavy atom. The van der Waals surface area contributed by atoms with Crippen molar-refractivity contribution < 1.29 is 19.4 Å². The monoisotopic (exact) mass is 224 g/mol. The van der Waals surface area contributed by atoms with Gasteiger partial charge in [0.2, 0.25) is 0 Å². The first-order valence-corrected chi connectivity index (χ1v) is 5.03. The summed E-state index contributed by atoms with van der Waals surface area (Å²) < 4.78 is 4.54. The van der Waals surface area contributed by atoms with Gasteiger partial charge in [-0.25, -0.2) is 4.79 Å². The van der Waals surface area contributed by atoms with Crippen molar-refractivity contribution in [2.45, 2.75) is 26.7 Å². The Morgan fingerprint density at radius 3 is 2.50 bits per heavy atom. The van der Waals surface area contributed by atoms with Crippen molar-refractivity contribution in [3.05, 3.63) is 36.3 Å². The van der Waals surface area contributed by atoms with E-state index in [1.165, 1.54) is 18.2 Å². The maximum atomic E-state index is 11.3. The highest BCUT2D eigenvalue weighted by Gasteiger charge is 2.05. The molecule has 0 radical (unpaired) electrons. The third-order valence-electron chi connectivity index (χ3n) is 1.73. The van der Waals surface area contributed by atoms with Crippen LogP contribution in [-0.2, 0) is 14.3 Å². The summed E-state index contributed by atoms with van der Waals surface area (Å²) in [6, 6.07) is 0. The topological polar surface area (TPSA) is 63.6 Å². The van der Waals surface area contributed by atoms with Crippen LogP contribution in [0.15, 0.2) is 36.3 Å². The molecule has 0 aliphatic heterocycles. The van der Waals surface area contributed by atoms with Gasteiger partial charge in [0.1, 0.15) is 12.5 Å². The number of aliphatic hydroxyl groups excluding tert-OH is 1. The zero-order chi connectivity index (χ0) is 12.4. The lowest BCUT2D eigenvalue weighted by Gasteiger charge is -1.98. The molecule has 0 rings (SSSR count). The molecule has 88 valence electrons.